The molecule has 6 heteroatoms. The molecule has 0 aliphatic heterocycles. The topological polar surface area (TPSA) is 81.6 Å². The number of rotatable bonds is 3. The summed E-state index contributed by atoms with van der Waals surface area (Å²) in [5.74, 6) is -0.478. The summed E-state index contributed by atoms with van der Waals surface area (Å²) in [5.41, 5.74) is 0.610. The molecule has 3 rings (SSSR count). The Labute approximate surface area is 152 Å². The second-order valence-corrected chi connectivity index (χ2v) is 8.04. The predicted octanol–water partition coefficient (Wildman–Crippen LogP) is 4.62. The van der Waals surface area contributed by atoms with Gasteiger partial charge in [-0.15, -0.1) is 0 Å². The molecule has 1 fully saturated rings. The molecule has 1 aromatic heterocycles. The SMILES string of the molecule is CC(C)(C)CC(=O)Nc1c(C#N)c2c(F)cc(C#N)cc2n1C1CCC1. The van der Waals surface area contributed by atoms with Crippen LogP contribution in [-0.4, -0.2) is 10.5 Å². The highest BCUT2D eigenvalue weighted by molar-refractivity contribution is 6.00. The summed E-state index contributed by atoms with van der Waals surface area (Å²) >= 11 is 0. The molecule has 26 heavy (non-hydrogen) atoms. The number of amides is 1. The van der Waals surface area contributed by atoms with E-state index in [-0.39, 0.29) is 40.3 Å². The Morgan fingerprint density at radius 1 is 1.31 bits per heavy atom. The highest BCUT2D eigenvalue weighted by atomic mass is 19.1. The minimum Gasteiger partial charge on any atom is -0.323 e. The summed E-state index contributed by atoms with van der Waals surface area (Å²) in [4.78, 5) is 12.5. The van der Waals surface area contributed by atoms with Crippen LogP contribution in [0.15, 0.2) is 12.1 Å². The van der Waals surface area contributed by atoms with Crippen molar-refractivity contribution < 1.29 is 9.18 Å². The molecule has 1 aromatic carbocycles. The van der Waals surface area contributed by atoms with Crippen LogP contribution in [0.4, 0.5) is 10.2 Å². The number of aromatic nitrogens is 1. The first-order chi connectivity index (χ1) is 12.2. The fourth-order valence-electron chi connectivity index (χ4n) is 3.37. The highest BCUT2D eigenvalue weighted by Crippen LogP contribution is 2.42. The molecular formula is C20H21FN4O. The fraction of sp³-hybridized carbons (Fsp3) is 0.450. The molecule has 0 unspecified atom stereocenters. The molecule has 0 atom stereocenters. The fourth-order valence-corrected chi connectivity index (χ4v) is 3.37. The molecule has 5 nitrogen and oxygen atoms in total. The number of fused-ring (bicyclic) bond motifs is 1. The Bertz CT molecular complexity index is 965. The zero-order valence-corrected chi connectivity index (χ0v) is 15.2. The Balaban J connectivity index is 2.20. The molecule has 1 aliphatic carbocycles. The van der Waals surface area contributed by atoms with Gasteiger partial charge < -0.3 is 9.88 Å². The van der Waals surface area contributed by atoms with Gasteiger partial charge in [0.1, 0.15) is 23.3 Å². The zero-order valence-electron chi connectivity index (χ0n) is 15.2. The molecule has 0 bridgehead atoms. The van der Waals surface area contributed by atoms with Crippen molar-refractivity contribution in [2.75, 3.05) is 5.32 Å². The molecule has 2 aromatic rings. The average molecular weight is 352 g/mol. The van der Waals surface area contributed by atoms with Gasteiger partial charge in [-0.1, -0.05) is 20.8 Å². The second kappa shape index (κ2) is 6.46. The van der Waals surface area contributed by atoms with E-state index in [0.717, 1.165) is 25.3 Å². The van der Waals surface area contributed by atoms with Crippen LogP contribution in [0.1, 0.15) is 63.6 Å². The zero-order chi connectivity index (χ0) is 19.1. The standard InChI is InChI=1S/C20H21FN4O/c1-20(2,3)9-17(26)24-19-14(11-23)18-15(21)7-12(10-22)8-16(18)25(19)13-5-4-6-13/h7-8,13H,4-6,9H2,1-3H3,(H,24,26). The van der Waals surface area contributed by atoms with E-state index >= 15 is 0 Å². The molecule has 0 saturated heterocycles. The maximum absolute atomic E-state index is 14.6. The number of halogens is 1. The number of carbonyl (C=O) groups excluding carboxylic acids is 1. The van der Waals surface area contributed by atoms with Gasteiger partial charge in [0.05, 0.1) is 22.5 Å². The Morgan fingerprint density at radius 2 is 2.00 bits per heavy atom. The van der Waals surface area contributed by atoms with Crippen LogP contribution in [0.2, 0.25) is 0 Å². The largest absolute Gasteiger partial charge is 0.323 e. The van der Waals surface area contributed by atoms with E-state index < -0.39 is 5.82 Å². The van der Waals surface area contributed by atoms with Crippen molar-refractivity contribution in [1.29, 1.82) is 10.5 Å². The number of hydrogen-bond donors (Lipinski definition) is 1. The van der Waals surface area contributed by atoms with Crippen LogP contribution in [0.25, 0.3) is 10.9 Å². The molecule has 1 heterocycles. The highest BCUT2D eigenvalue weighted by Gasteiger charge is 2.30. The molecule has 0 radical (unpaired) electrons. The van der Waals surface area contributed by atoms with Crippen LogP contribution >= 0.6 is 0 Å². The van der Waals surface area contributed by atoms with Crippen molar-refractivity contribution >= 4 is 22.6 Å². The second-order valence-electron chi connectivity index (χ2n) is 8.04. The molecule has 1 aliphatic rings. The van der Waals surface area contributed by atoms with Crippen LogP contribution < -0.4 is 5.32 Å². The van der Waals surface area contributed by atoms with Crippen LogP contribution in [0, 0.1) is 33.9 Å². The van der Waals surface area contributed by atoms with Gasteiger partial charge in [0.2, 0.25) is 5.91 Å². The number of nitrogens with one attached hydrogen (secondary N) is 1. The Morgan fingerprint density at radius 3 is 2.50 bits per heavy atom. The summed E-state index contributed by atoms with van der Waals surface area (Å²) < 4.78 is 16.5. The van der Waals surface area contributed by atoms with E-state index in [1.807, 2.05) is 31.4 Å². The van der Waals surface area contributed by atoms with Crippen LogP contribution in [0.5, 0.6) is 0 Å². The average Bonchev–Trinajstić information content (AvgIpc) is 2.78. The summed E-state index contributed by atoms with van der Waals surface area (Å²) in [6, 6.07) is 6.83. The number of benzene rings is 1. The number of carbonyl (C=O) groups is 1. The third kappa shape index (κ3) is 3.15. The van der Waals surface area contributed by atoms with E-state index in [1.54, 1.807) is 6.07 Å². The van der Waals surface area contributed by atoms with E-state index in [2.05, 4.69) is 11.4 Å². The molecule has 1 amide bonds. The van der Waals surface area contributed by atoms with Crippen molar-refractivity contribution in [2.45, 2.75) is 52.5 Å². The minimum absolute atomic E-state index is 0.0953. The molecule has 0 spiro atoms. The lowest BCUT2D eigenvalue weighted by Crippen LogP contribution is -2.24. The number of hydrogen-bond acceptors (Lipinski definition) is 3. The maximum Gasteiger partial charge on any atom is 0.226 e. The smallest absolute Gasteiger partial charge is 0.226 e. The molecule has 1 saturated carbocycles. The van der Waals surface area contributed by atoms with E-state index in [0.29, 0.717) is 11.3 Å². The minimum atomic E-state index is -0.611. The lowest BCUT2D eigenvalue weighted by atomic mass is 9.92. The summed E-state index contributed by atoms with van der Waals surface area (Å²) in [5, 5.41) is 21.8. The summed E-state index contributed by atoms with van der Waals surface area (Å²) in [6.45, 7) is 5.87. The van der Waals surface area contributed by atoms with Crippen molar-refractivity contribution in [1.82, 2.24) is 4.57 Å². The van der Waals surface area contributed by atoms with Gasteiger partial charge in [-0.25, -0.2) is 4.39 Å². The number of nitrogens with zero attached hydrogens (tertiary/aromatic N) is 3. The van der Waals surface area contributed by atoms with Gasteiger partial charge in [-0.3, -0.25) is 4.79 Å². The Kier molecular flexibility index (Phi) is 4.46. The van der Waals surface area contributed by atoms with Gasteiger partial charge >= 0.3 is 0 Å². The Hall–Kier alpha value is -2.86. The summed E-state index contributed by atoms with van der Waals surface area (Å²) in [6.07, 6.45) is 3.13. The molecular weight excluding hydrogens is 331 g/mol. The lowest BCUT2D eigenvalue weighted by Gasteiger charge is -2.30. The van der Waals surface area contributed by atoms with Gasteiger partial charge in [0.25, 0.3) is 0 Å². The van der Waals surface area contributed by atoms with Crippen LogP contribution in [0.3, 0.4) is 0 Å². The summed E-state index contributed by atoms with van der Waals surface area (Å²) in [7, 11) is 0. The van der Waals surface area contributed by atoms with Gasteiger partial charge in [0, 0.05) is 12.5 Å². The quantitative estimate of drug-likeness (QED) is 0.875. The normalized spacial score (nSPS) is 14.5. The lowest BCUT2D eigenvalue weighted by molar-refractivity contribution is -0.117. The predicted molar refractivity (Wildman–Crippen MR) is 96.9 cm³/mol. The number of anilines is 1. The van der Waals surface area contributed by atoms with Crippen molar-refractivity contribution in [3.05, 3.63) is 29.1 Å². The van der Waals surface area contributed by atoms with E-state index in [9.17, 15) is 14.4 Å². The molecule has 134 valence electrons. The first kappa shape index (κ1) is 17.9. The molecule has 1 N–H and O–H groups in total. The van der Waals surface area contributed by atoms with E-state index in [4.69, 9.17) is 5.26 Å². The maximum atomic E-state index is 14.6. The van der Waals surface area contributed by atoms with Gasteiger partial charge in [-0.05, 0) is 36.8 Å². The third-order valence-electron chi connectivity index (χ3n) is 4.69. The number of nitriles is 2. The van der Waals surface area contributed by atoms with E-state index in [1.165, 1.54) is 0 Å². The monoisotopic (exact) mass is 352 g/mol. The van der Waals surface area contributed by atoms with Crippen molar-refractivity contribution in [2.24, 2.45) is 5.41 Å². The first-order valence-corrected chi connectivity index (χ1v) is 8.72. The van der Waals surface area contributed by atoms with Gasteiger partial charge in [0.15, 0.2) is 0 Å². The van der Waals surface area contributed by atoms with Crippen LogP contribution in [-0.2, 0) is 4.79 Å². The third-order valence-corrected chi connectivity index (χ3v) is 4.69. The van der Waals surface area contributed by atoms with Crippen molar-refractivity contribution in [3.8, 4) is 12.1 Å². The van der Waals surface area contributed by atoms with Gasteiger partial charge in [-0.2, -0.15) is 10.5 Å². The van der Waals surface area contributed by atoms with Crippen molar-refractivity contribution in [3.63, 3.8) is 0 Å². The first-order valence-electron chi connectivity index (χ1n) is 8.72.